The van der Waals surface area contributed by atoms with Crippen LogP contribution in [0.2, 0.25) is 0 Å². The average Bonchev–Trinajstić information content (AvgIpc) is 3.65. The summed E-state index contributed by atoms with van der Waals surface area (Å²) in [4.78, 5) is 48.9. The van der Waals surface area contributed by atoms with Crippen molar-refractivity contribution in [3.63, 3.8) is 0 Å². The van der Waals surface area contributed by atoms with Crippen molar-refractivity contribution in [2.45, 2.75) is 64.9 Å². The molecule has 0 saturated carbocycles. The molecule has 2 aliphatic heterocycles. The predicted molar refractivity (Wildman–Crippen MR) is 150 cm³/mol. The maximum atomic E-state index is 13.8. The molecule has 3 amide bonds. The number of thiazole rings is 1. The summed E-state index contributed by atoms with van der Waals surface area (Å²) < 4.78 is 0. The van der Waals surface area contributed by atoms with Gasteiger partial charge in [0.2, 0.25) is 11.8 Å². The zero-order valence-electron chi connectivity index (χ0n) is 22.5. The Morgan fingerprint density at radius 1 is 1.15 bits per heavy atom. The first kappa shape index (κ1) is 27.0. The van der Waals surface area contributed by atoms with Crippen LogP contribution in [-0.4, -0.2) is 62.3 Å². The Morgan fingerprint density at radius 2 is 1.90 bits per heavy atom. The Morgan fingerprint density at radius 3 is 2.59 bits per heavy atom. The minimum Gasteiger partial charge on any atom is -0.391 e. The standard InChI is InChI=1S/C30H34N4O4S/c1-4-24-27(39-17-32-24)20-11-9-19(10-12-20)14-31-28(36)25-13-22(35)16-33(25)30(38)26(18(2)3)34-15-21-7-5-6-8-23(21)29(34)37/h5-12,17-18,22,25-26,35H,4,13-16H2,1-3H3,(H,31,36)/t22?,25?,26-/m0/s1. The van der Waals surface area contributed by atoms with E-state index in [0.717, 1.165) is 33.7 Å². The zero-order valence-corrected chi connectivity index (χ0v) is 23.3. The molecule has 8 nitrogen and oxygen atoms in total. The lowest BCUT2D eigenvalue weighted by atomic mass is 10.0. The summed E-state index contributed by atoms with van der Waals surface area (Å²) in [6.07, 6.45) is 0.242. The number of nitrogens with zero attached hydrogens (tertiary/aromatic N) is 3. The van der Waals surface area contributed by atoms with Gasteiger partial charge in [0.05, 0.1) is 22.2 Å². The van der Waals surface area contributed by atoms with E-state index in [2.05, 4.69) is 17.2 Å². The smallest absolute Gasteiger partial charge is 0.255 e. The Labute approximate surface area is 232 Å². The predicted octanol–water partition coefficient (Wildman–Crippen LogP) is 3.63. The molecule has 3 aromatic rings. The summed E-state index contributed by atoms with van der Waals surface area (Å²) in [5.41, 5.74) is 6.46. The number of aryl methyl sites for hydroxylation is 1. The number of hydrogen-bond donors (Lipinski definition) is 2. The maximum absolute atomic E-state index is 13.8. The van der Waals surface area contributed by atoms with E-state index in [1.54, 1.807) is 22.3 Å². The van der Waals surface area contributed by atoms with E-state index in [1.165, 1.54) is 4.90 Å². The number of benzene rings is 2. The van der Waals surface area contributed by atoms with Crippen molar-refractivity contribution in [2.75, 3.05) is 6.54 Å². The first-order valence-corrected chi connectivity index (χ1v) is 14.3. The van der Waals surface area contributed by atoms with Crippen molar-refractivity contribution in [1.82, 2.24) is 20.1 Å². The van der Waals surface area contributed by atoms with Crippen LogP contribution in [-0.2, 0) is 29.1 Å². The fourth-order valence-corrected chi connectivity index (χ4v) is 6.48. The second kappa shape index (κ2) is 11.3. The maximum Gasteiger partial charge on any atom is 0.255 e. The third-order valence-electron chi connectivity index (χ3n) is 7.59. The molecule has 0 bridgehead atoms. The van der Waals surface area contributed by atoms with Gasteiger partial charge in [0.15, 0.2) is 0 Å². The van der Waals surface area contributed by atoms with Gasteiger partial charge in [-0.3, -0.25) is 14.4 Å². The minimum atomic E-state index is -0.796. The molecule has 0 aliphatic carbocycles. The van der Waals surface area contributed by atoms with Crippen molar-refractivity contribution in [3.8, 4) is 10.4 Å². The van der Waals surface area contributed by atoms with Crippen molar-refractivity contribution >= 4 is 29.1 Å². The molecule has 9 heteroatoms. The molecule has 3 atom stereocenters. The van der Waals surface area contributed by atoms with Crippen LogP contribution in [0.15, 0.2) is 54.0 Å². The number of amides is 3. The van der Waals surface area contributed by atoms with E-state index in [1.807, 2.05) is 61.8 Å². The normalized spacial score (nSPS) is 19.5. The number of likely N-dealkylation sites (tertiary alicyclic amines) is 1. The van der Waals surface area contributed by atoms with Crippen LogP contribution < -0.4 is 5.32 Å². The number of aliphatic hydroxyl groups is 1. The summed E-state index contributed by atoms with van der Waals surface area (Å²) in [5.74, 6) is -0.949. The highest BCUT2D eigenvalue weighted by molar-refractivity contribution is 7.13. The molecule has 1 fully saturated rings. The Balaban J connectivity index is 1.27. The largest absolute Gasteiger partial charge is 0.391 e. The fraction of sp³-hybridized carbons (Fsp3) is 0.400. The Kier molecular flexibility index (Phi) is 7.81. The summed E-state index contributed by atoms with van der Waals surface area (Å²) in [5, 5.41) is 13.4. The second-order valence-corrected chi connectivity index (χ2v) is 11.4. The first-order chi connectivity index (χ1) is 18.8. The topological polar surface area (TPSA) is 103 Å². The molecule has 2 aliphatic rings. The van der Waals surface area contributed by atoms with Crippen LogP contribution in [0.3, 0.4) is 0 Å². The van der Waals surface area contributed by atoms with E-state index >= 15 is 0 Å². The molecule has 1 saturated heterocycles. The molecule has 0 spiro atoms. The van der Waals surface area contributed by atoms with Crippen molar-refractivity contribution in [2.24, 2.45) is 5.92 Å². The van der Waals surface area contributed by atoms with Gasteiger partial charge in [-0.05, 0) is 35.1 Å². The molecule has 2 aromatic carbocycles. The van der Waals surface area contributed by atoms with Gasteiger partial charge in [0.1, 0.15) is 12.1 Å². The first-order valence-electron chi connectivity index (χ1n) is 13.4. The minimum absolute atomic E-state index is 0.0679. The highest BCUT2D eigenvalue weighted by Gasteiger charge is 2.45. The van der Waals surface area contributed by atoms with E-state index in [4.69, 9.17) is 0 Å². The summed E-state index contributed by atoms with van der Waals surface area (Å²) in [6, 6.07) is 13.9. The summed E-state index contributed by atoms with van der Waals surface area (Å²) >= 11 is 1.61. The average molecular weight is 547 g/mol. The van der Waals surface area contributed by atoms with Gasteiger partial charge in [-0.1, -0.05) is 63.2 Å². The van der Waals surface area contributed by atoms with Crippen LogP contribution in [0.4, 0.5) is 0 Å². The number of aliphatic hydroxyl groups excluding tert-OH is 1. The number of carbonyl (C=O) groups excluding carboxylic acids is 3. The van der Waals surface area contributed by atoms with Gasteiger partial charge in [-0.15, -0.1) is 11.3 Å². The lowest BCUT2D eigenvalue weighted by Crippen LogP contribution is -2.55. The summed E-state index contributed by atoms with van der Waals surface area (Å²) in [7, 11) is 0. The number of carbonyl (C=O) groups is 3. The van der Waals surface area contributed by atoms with Crippen LogP contribution >= 0.6 is 11.3 Å². The number of aromatic nitrogens is 1. The van der Waals surface area contributed by atoms with Gasteiger partial charge in [0, 0.05) is 31.6 Å². The molecule has 2 unspecified atom stereocenters. The van der Waals surface area contributed by atoms with Gasteiger partial charge in [-0.2, -0.15) is 0 Å². The van der Waals surface area contributed by atoms with Gasteiger partial charge >= 0.3 is 0 Å². The molecular weight excluding hydrogens is 512 g/mol. The van der Waals surface area contributed by atoms with Gasteiger partial charge in [-0.25, -0.2) is 4.98 Å². The highest BCUT2D eigenvalue weighted by atomic mass is 32.1. The number of fused-ring (bicyclic) bond motifs is 1. The third kappa shape index (κ3) is 5.33. The van der Waals surface area contributed by atoms with Gasteiger partial charge < -0.3 is 20.2 Å². The molecule has 204 valence electrons. The van der Waals surface area contributed by atoms with Crippen molar-refractivity contribution in [1.29, 1.82) is 0 Å². The van der Waals surface area contributed by atoms with Crippen LogP contribution in [0.1, 0.15) is 54.4 Å². The molecule has 5 rings (SSSR count). The number of hydrogen-bond acceptors (Lipinski definition) is 6. The van der Waals surface area contributed by atoms with Crippen LogP contribution in [0, 0.1) is 5.92 Å². The van der Waals surface area contributed by atoms with Crippen LogP contribution in [0.5, 0.6) is 0 Å². The number of β-amino-alcohol motifs (C(OH)–C–C–N with tert-alkyl or cyclic N) is 1. The SMILES string of the molecule is CCc1ncsc1-c1ccc(CNC(=O)C2CC(O)CN2C(=O)[C@H](C(C)C)N2Cc3ccccc3C2=O)cc1. The molecule has 1 aromatic heterocycles. The monoisotopic (exact) mass is 546 g/mol. The molecule has 39 heavy (non-hydrogen) atoms. The zero-order chi connectivity index (χ0) is 27.7. The number of rotatable bonds is 8. The highest BCUT2D eigenvalue weighted by Crippen LogP contribution is 2.31. The second-order valence-electron chi connectivity index (χ2n) is 10.6. The van der Waals surface area contributed by atoms with E-state index in [0.29, 0.717) is 18.7 Å². The Hall–Kier alpha value is -3.56. The quantitative estimate of drug-likeness (QED) is 0.449. The molecular formula is C30H34N4O4S. The third-order valence-corrected chi connectivity index (χ3v) is 8.51. The van der Waals surface area contributed by atoms with E-state index in [-0.39, 0.29) is 36.6 Å². The van der Waals surface area contributed by atoms with E-state index < -0.39 is 18.2 Å². The lowest BCUT2D eigenvalue weighted by Gasteiger charge is -2.35. The molecule has 0 radical (unpaired) electrons. The number of nitrogens with one attached hydrogen (secondary N) is 1. The van der Waals surface area contributed by atoms with Crippen LogP contribution in [0.25, 0.3) is 10.4 Å². The van der Waals surface area contributed by atoms with Crippen molar-refractivity contribution < 1.29 is 19.5 Å². The van der Waals surface area contributed by atoms with Gasteiger partial charge in [0.25, 0.3) is 5.91 Å². The van der Waals surface area contributed by atoms with Crippen molar-refractivity contribution in [3.05, 3.63) is 76.4 Å². The molecule has 2 N–H and O–H groups in total. The molecule has 3 heterocycles. The lowest BCUT2D eigenvalue weighted by molar-refractivity contribution is -0.143. The summed E-state index contributed by atoms with van der Waals surface area (Å²) in [6.45, 7) is 6.62. The fourth-order valence-electron chi connectivity index (χ4n) is 5.59. The Bertz CT molecular complexity index is 1370. The van der Waals surface area contributed by atoms with E-state index in [9.17, 15) is 19.5 Å².